The molecule has 1 saturated heterocycles. The second kappa shape index (κ2) is 9.15. The van der Waals surface area contributed by atoms with Gasteiger partial charge in [0.2, 0.25) is 0 Å². The van der Waals surface area contributed by atoms with E-state index < -0.39 is 0 Å². The van der Waals surface area contributed by atoms with Gasteiger partial charge in [-0.05, 0) is 35.2 Å². The minimum Gasteiger partial charge on any atom is -0.367 e. The molecule has 1 aliphatic heterocycles. The number of aromatic nitrogens is 1. The lowest BCUT2D eigenvalue weighted by molar-refractivity contribution is 0.0934. The van der Waals surface area contributed by atoms with Crippen molar-refractivity contribution in [1.29, 1.82) is 0 Å². The molecule has 1 amide bonds. The molecule has 1 atom stereocenters. The summed E-state index contributed by atoms with van der Waals surface area (Å²) in [4.78, 5) is 21.8. The Morgan fingerprint density at radius 2 is 1.93 bits per heavy atom. The first-order valence-electron chi connectivity index (χ1n) is 9.67. The van der Waals surface area contributed by atoms with Crippen molar-refractivity contribution in [2.75, 3.05) is 37.6 Å². The topological polar surface area (TPSA) is 48.5 Å². The number of amides is 1. The van der Waals surface area contributed by atoms with E-state index in [9.17, 15) is 9.18 Å². The Kier molecular flexibility index (Phi) is 6.17. The lowest BCUT2D eigenvalue weighted by Gasteiger charge is -2.40. The van der Waals surface area contributed by atoms with E-state index in [1.165, 1.54) is 17.4 Å². The Balaban J connectivity index is 1.44. The number of halogens is 1. The van der Waals surface area contributed by atoms with Crippen LogP contribution in [0.3, 0.4) is 0 Å². The SMILES string of the molecule is O=C(NC[C@@H](c1cccnc1)N1CCN(c2ccccc2F)CC1)c1cccs1. The van der Waals surface area contributed by atoms with Gasteiger partial charge in [-0.3, -0.25) is 14.7 Å². The monoisotopic (exact) mass is 410 g/mol. The fourth-order valence-corrected chi connectivity index (χ4v) is 4.34. The largest absolute Gasteiger partial charge is 0.367 e. The van der Waals surface area contributed by atoms with Crippen molar-refractivity contribution in [2.24, 2.45) is 0 Å². The van der Waals surface area contributed by atoms with Gasteiger partial charge in [0.15, 0.2) is 0 Å². The van der Waals surface area contributed by atoms with Crippen molar-refractivity contribution < 1.29 is 9.18 Å². The van der Waals surface area contributed by atoms with E-state index in [2.05, 4.69) is 20.1 Å². The second-order valence-electron chi connectivity index (χ2n) is 6.96. The number of para-hydroxylation sites is 1. The molecule has 0 spiro atoms. The fourth-order valence-electron chi connectivity index (χ4n) is 3.70. The highest BCUT2D eigenvalue weighted by molar-refractivity contribution is 7.12. The fraction of sp³-hybridized carbons (Fsp3) is 0.273. The van der Waals surface area contributed by atoms with Gasteiger partial charge in [-0.2, -0.15) is 0 Å². The quantitative estimate of drug-likeness (QED) is 0.675. The van der Waals surface area contributed by atoms with Gasteiger partial charge in [-0.1, -0.05) is 24.3 Å². The minimum atomic E-state index is -0.187. The zero-order valence-corrected chi connectivity index (χ0v) is 16.8. The van der Waals surface area contributed by atoms with Crippen LogP contribution in [0.5, 0.6) is 0 Å². The van der Waals surface area contributed by atoms with Gasteiger partial charge in [-0.15, -0.1) is 11.3 Å². The van der Waals surface area contributed by atoms with Crippen LogP contribution in [0.25, 0.3) is 0 Å². The average molecular weight is 411 g/mol. The summed E-state index contributed by atoms with van der Waals surface area (Å²) in [5.41, 5.74) is 1.72. The van der Waals surface area contributed by atoms with Crippen LogP contribution in [0, 0.1) is 5.82 Å². The first-order valence-corrected chi connectivity index (χ1v) is 10.6. The molecule has 7 heteroatoms. The predicted octanol–water partition coefficient (Wildman–Crippen LogP) is 3.58. The highest BCUT2D eigenvalue weighted by Crippen LogP contribution is 2.25. The van der Waals surface area contributed by atoms with E-state index in [0.717, 1.165) is 31.7 Å². The molecule has 4 rings (SSSR count). The molecule has 0 unspecified atom stereocenters. The third-order valence-corrected chi connectivity index (χ3v) is 6.09. The Morgan fingerprint density at radius 3 is 2.62 bits per heavy atom. The maximum Gasteiger partial charge on any atom is 0.261 e. The van der Waals surface area contributed by atoms with Crippen molar-refractivity contribution in [1.82, 2.24) is 15.2 Å². The number of hydrogen-bond donors (Lipinski definition) is 1. The number of piperazine rings is 1. The number of benzene rings is 1. The number of rotatable bonds is 6. The maximum absolute atomic E-state index is 14.1. The standard InChI is InChI=1S/C22H23FN4OS/c23-18-6-1-2-7-19(18)26-10-12-27(13-11-26)20(17-5-3-9-24-15-17)16-25-22(28)21-8-4-14-29-21/h1-9,14-15,20H,10-13,16H2,(H,25,28)/t20-/m0/s1. The smallest absolute Gasteiger partial charge is 0.261 e. The zero-order chi connectivity index (χ0) is 20.1. The first kappa shape index (κ1) is 19.5. The van der Waals surface area contributed by atoms with Gasteiger partial charge in [0.1, 0.15) is 5.82 Å². The van der Waals surface area contributed by atoms with Crippen LogP contribution in [0.1, 0.15) is 21.3 Å². The van der Waals surface area contributed by atoms with Crippen molar-refractivity contribution in [3.05, 3.63) is 82.6 Å². The third kappa shape index (κ3) is 4.63. The molecular formula is C22H23FN4OS. The molecule has 150 valence electrons. The van der Waals surface area contributed by atoms with Crippen molar-refractivity contribution in [3.63, 3.8) is 0 Å². The highest BCUT2D eigenvalue weighted by Gasteiger charge is 2.26. The number of nitrogens with zero attached hydrogens (tertiary/aromatic N) is 3. The summed E-state index contributed by atoms with van der Waals surface area (Å²) in [7, 11) is 0. The van der Waals surface area contributed by atoms with Gasteiger partial charge in [-0.25, -0.2) is 4.39 Å². The van der Waals surface area contributed by atoms with Gasteiger partial charge < -0.3 is 10.2 Å². The molecule has 29 heavy (non-hydrogen) atoms. The number of carbonyl (C=O) groups is 1. The first-order chi connectivity index (χ1) is 14.2. The molecular weight excluding hydrogens is 387 g/mol. The summed E-state index contributed by atoms with van der Waals surface area (Å²) < 4.78 is 14.1. The molecule has 1 aliphatic rings. The molecule has 0 radical (unpaired) electrons. The van der Waals surface area contributed by atoms with Crippen LogP contribution >= 0.6 is 11.3 Å². The number of pyridine rings is 1. The normalized spacial score (nSPS) is 15.8. The van der Waals surface area contributed by atoms with Crippen LogP contribution in [0.4, 0.5) is 10.1 Å². The average Bonchev–Trinajstić information content (AvgIpc) is 3.31. The Morgan fingerprint density at radius 1 is 1.10 bits per heavy atom. The van der Waals surface area contributed by atoms with Crippen LogP contribution in [0.15, 0.2) is 66.3 Å². The van der Waals surface area contributed by atoms with E-state index in [4.69, 9.17) is 0 Å². The van der Waals surface area contributed by atoms with Crippen molar-refractivity contribution >= 4 is 22.9 Å². The Hall–Kier alpha value is -2.77. The molecule has 0 saturated carbocycles. The lowest BCUT2D eigenvalue weighted by atomic mass is 10.1. The van der Waals surface area contributed by atoms with Gasteiger partial charge in [0.25, 0.3) is 5.91 Å². The second-order valence-corrected chi connectivity index (χ2v) is 7.91. The minimum absolute atomic E-state index is 0.0235. The van der Waals surface area contributed by atoms with Crippen molar-refractivity contribution in [2.45, 2.75) is 6.04 Å². The number of hydrogen-bond acceptors (Lipinski definition) is 5. The van der Waals surface area contributed by atoms with Gasteiger partial charge >= 0.3 is 0 Å². The molecule has 5 nitrogen and oxygen atoms in total. The molecule has 0 bridgehead atoms. The van der Waals surface area contributed by atoms with Crippen LogP contribution < -0.4 is 10.2 Å². The number of nitrogens with one attached hydrogen (secondary N) is 1. The summed E-state index contributed by atoms with van der Waals surface area (Å²) in [6.07, 6.45) is 3.60. The van der Waals surface area contributed by atoms with Crippen molar-refractivity contribution in [3.8, 4) is 0 Å². The molecule has 1 fully saturated rings. The number of carbonyl (C=O) groups excluding carboxylic acids is 1. The Bertz CT molecular complexity index is 927. The molecule has 0 aliphatic carbocycles. The molecule has 1 aromatic carbocycles. The van der Waals surface area contributed by atoms with Crippen LogP contribution in [-0.4, -0.2) is 48.5 Å². The molecule has 2 aromatic heterocycles. The summed E-state index contributed by atoms with van der Waals surface area (Å²) in [5, 5.41) is 4.96. The van der Waals surface area contributed by atoms with E-state index in [-0.39, 0.29) is 17.8 Å². The summed E-state index contributed by atoms with van der Waals surface area (Å²) in [6.45, 7) is 3.53. The molecule has 3 heterocycles. The highest BCUT2D eigenvalue weighted by atomic mass is 32.1. The molecule has 3 aromatic rings. The summed E-state index contributed by atoms with van der Waals surface area (Å²) in [5.74, 6) is -0.244. The van der Waals surface area contributed by atoms with Gasteiger partial charge in [0, 0.05) is 45.1 Å². The zero-order valence-electron chi connectivity index (χ0n) is 16.0. The third-order valence-electron chi connectivity index (χ3n) is 5.22. The lowest BCUT2D eigenvalue weighted by Crippen LogP contribution is -2.50. The van der Waals surface area contributed by atoms with Gasteiger partial charge in [0.05, 0.1) is 16.6 Å². The van der Waals surface area contributed by atoms with E-state index in [1.807, 2.05) is 48.0 Å². The van der Waals surface area contributed by atoms with E-state index >= 15 is 0 Å². The summed E-state index contributed by atoms with van der Waals surface area (Å²) >= 11 is 1.43. The van der Waals surface area contributed by atoms with Crippen LogP contribution in [0.2, 0.25) is 0 Å². The number of thiophene rings is 1. The predicted molar refractivity (Wildman–Crippen MR) is 114 cm³/mol. The Labute approximate surface area is 173 Å². The molecule has 1 N–H and O–H groups in total. The van der Waals surface area contributed by atoms with E-state index in [1.54, 1.807) is 12.3 Å². The van der Waals surface area contributed by atoms with E-state index in [0.29, 0.717) is 17.1 Å². The maximum atomic E-state index is 14.1. The van der Waals surface area contributed by atoms with Crippen LogP contribution in [-0.2, 0) is 0 Å². The summed E-state index contributed by atoms with van der Waals surface area (Å²) in [6, 6.07) is 14.6. The number of anilines is 1.